The van der Waals surface area contributed by atoms with E-state index in [-0.39, 0.29) is 5.97 Å². The van der Waals surface area contributed by atoms with E-state index in [2.05, 4.69) is 11.1 Å². The van der Waals surface area contributed by atoms with Crippen LogP contribution in [-0.2, 0) is 17.6 Å². The molecule has 3 nitrogen and oxygen atoms in total. The normalized spacial score (nSPS) is 12.8. The van der Waals surface area contributed by atoms with Gasteiger partial charge in [0.1, 0.15) is 0 Å². The first-order valence-electron chi connectivity index (χ1n) is 9.45. The SMILES string of the molecule is O=C(OCCc1ccc(Cl)cc1)c1ccc(C2=NCCc3ccc(Cl)cc32)cc1. The fourth-order valence-electron chi connectivity index (χ4n) is 3.37. The summed E-state index contributed by atoms with van der Waals surface area (Å²) in [4.78, 5) is 17.0. The van der Waals surface area contributed by atoms with Gasteiger partial charge in [-0.25, -0.2) is 4.79 Å². The quantitative estimate of drug-likeness (QED) is 0.487. The van der Waals surface area contributed by atoms with Crippen LogP contribution >= 0.6 is 23.2 Å². The van der Waals surface area contributed by atoms with Gasteiger partial charge < -0.3 is 4.74 Å². The van der Waals surface area contributed by atoms with Crippen molar-refractivity contribution in [2.24, 2.45) is 4.99 Å². The number of halogens is 2. The summed E-state index contributed by atoms with van der Waals surface area (Å²) < 4.78 is 5.40. The Bertz CT molecular complexity index is 1060. The first-order valence-corrected chi connectivity index (χ1v) is 10.2. The van der Waals surface area contributed by atoms with Gasteiger partial charge in [0.05, 0.1) is 17.9 Å². The first kappa shape index (κ1) is 19.7. The van der Waals surface area contributed by atoms with Crippen LogP contribution in [0.1, 0.15) is 32.6 Å². The summed E-state index contributed by atoms with van der Waals surface area (Å²) in [6.07, 6.45) is 1.56. The zero-order valence-corrected chi connectivity index (χ0v) is 17.2. The van der Waals surface area contributed by atoms with Crippen molar-refractivity contribution < 1.29 is 9.53 Å². The topological polar surface area (TPSA) is 38.7 Å². The maximum atomic E-state index is 12.3. The number of esters is 1. The van der Waals surface area contributed by atoms with Gasteiger partial charge in [-0.05, 0) is 53.9 Å². The monoisotopic (exact) mass is 423 g/mol. The van der Waals surface area contributed by atoms with E-state index in [4.69, 9.17) is 27.9 Å². The summed E-state index contributed by atoms with van der Waals surface area (Å²) in [6, 6.07) is 20.8. The summed E-state index contributed by atoms with van der Waals surface area (Å²) in [7, 11) is 0. The van der Waals surface area contributed by atoms with Crippen molar-refractivity contribution in [1.82, 2.24) is 0 Å². The van der Waals surface area contributed by atoms with Gasteiger partial charge in [0.25, 0.3) is 0 Å². The summed E-state index contributed by atoms with van der Waals surface area (Å²) in [6.45, 7) is 1.07. The molecule has 3 aromatic carbocycles. The number of nitrogens with zero attached hydrogens (tertiary/aromatic N) is 1. The zero-order valence-electron chi connectivity index (χ0n) is 15.7. The van der Waals surface area contributed by atoms with Crippen LogP contribution in [0.4, 0.5) is 0 Å². The molecule has 0 aliphatic carbocycles. The predicted molar refractivity (Wildman–Crippen MR) is 118 cm³/mol. The molecule has 29 heavy (non-hydrogen) atoms. The summed E-state index contributed by atoms with van der Waals surface area (Å²) in [5, 5.41) is 1.39. The van der Waals surface area contributed by atoms with Crippen molar-refractivity contribution in [3.05, 3.63) is 105 Å². The number of carbonyl (C=O) groups excluding carboxylic acids is 1. The fraction of sp³-hybridized carbons (Fsp3) is 0.167. The van der Waals surface area contributed by atoms with E-state index in [9.17, 15) is 4.79 Å². The average molecular weight is 424 g/mol. The molecule has 0 N–H and O–H groups in total. The van der Waals surface area contributed by atoms with Crippen LogP contribution in [0.2, 0.25) is 10.0 Å². The number of aliphatic imine (C=N–C) groups is 1. The third kappa shape index (κ3) is 4.69. The number of rotatable bonds is 5. The minimum Gasteiger partial charge on any atom is -0.462 e. The van der Waals surface area contributed by atoms with E-state index >= 15 is 0 Å². The number of ether oxygens (including phenoxy) is 1. The Morgan fingerprint density at radius 3 is 2.41 bits per heavy atom. The minimum absolute atomic E-state index is 0.320. The van der Waals surface area contributed by atoms with Crippen molar-refractivity contribution in [1.29, 1.82) is 0 Å². The minimum atomic E-state index is -0.334. The van der Waals surface area contributed by atoms with Crippen LogP contribution in [-0.4, -0.2) is 24.8 Å². The Hall–Kier alpha value is -2.62. The van der Waals surface area contributed by atoms with Gasteiger partial charge in [-0.3, -0.25) is 4.99 Å². The van der Waals surface area contributed by atoms with Crippen molar-refractivity contribution in [3.63, 3.8) is 0 Å². The van der Waals surface area contributed by atoms with Crippen molar-refractivity contribution in [2.45, 2.75) is 12.8 Å². The number of hydrogen-bond acceptors (Lipinski definition) is 3. The molecule has 0 atom stereocenters. The molecule has 0 aromatic heterocycles. The summed E-state index contributed by atoms with van der Waals surface area (Å²) in [5.41, 5.74) is 5.77. The molecule has 0 saturated heterocycles. The Labute approximate surface area is 180 Å². The Morgan fingerprint density at radius 2 is 1.66 bits per heavy atom. The second-order valence-corrected chi connectivity index (χ2v) is 7.74. The lowest BCUT2D eigenvalue weighted by Gasteiger charge is -2.17. The van der Waals surface area contributed by atoms with Gasteiger partial charge >= 0.3 is 5.97 Å². The Kier molecular flexibility index (Phi) is 5.98. The molecule has 0 fully saturated rings. The second-order valence-electron chi connectivity index (χ2n) is 6.87. The molecule has 0 saturated carbocycles. The fourth-order valence-corrected chi connectivity index (χ4v) is 3.67. The molecule has 5 heteroatoms. The van der Waals surface area contributed by atoms with Crippen molar-refractivity contribution in [3.8, 4) is 0 Å². The average Bonchev–Trinajstić information content (AvgIpc) is 2.75. The van der Waals surface area contributed by atoms with Crippen LogP contribution in [0.3, 0.4) is 0 Å². The molecular weight excluding hydrogens is 405 g/mol. The Morgan fingerprint density at radius 1 is 0.931 bits per heavy atom. The van der Waals surface area contributed by atoms with Crippen LogP contribution in [0.5, 0.6) is 0 Å². The van der Waals surface area contributed by atoms with E-state index in [1.165, 1.54) is 5.56 Å². The molecule has 1 aliphatic rings. The van der Waals surface area contributed by atoms with E-state index in [1.807, 2.05) is 48.5 Å². The summed E-state index contributed by atoms with van der Waals surface area (Å²) >= 11 is 12.1. The van der Waals surface area contributed by atoms with E-state index < -0.39 is 0 Å². The lowest BCUT2D eigenvalue weighted by molar-refractivity contribution is 0.0509. The molecule has 0 unspecified atom stereocenters. The lowest BCUT2D eigenvalue weighted by atomic mass is 9.93. The van der Waals surface area contributed by atoms with Crippen molar-refractivity contribution in [2.75, 3.05) is 13.2 Å². The molecule has 0 bridgehead atoms. The van der Waals surface area contributed by atoms with Crippen LogP contribution in [0, 0.1) is 0 Å². The van der Waals surface area contributed by atoms with Gasteiger partial charge in [-0.1, -0.05) is 53.5 Å². The lowest BCUT2D eigenvalue weighted by Crippen LogP contribution is -2.14. The van der Waals surface area contributed by atoms with Gasteiger partial charge in [0, 0.05) is 34.1 Å². The highest BCUT2D eigenvalue weighted by atomic mass is 35.5. The summed E-state index contributed by atoms with van der Waals surface area (Å²) in [5.74, 6) is -0.334. The predicted octanol–water partition coefficient (Wildman–Crippen LogP) is 5.79. The molecule has 0 radical (unpaired) electrons. The maximum absolute atomic E-state index is 12.3. The standard InChI is InChI=1S/C24H19Cl2NO2/c25-20-8-1-16(2-9-20)12-14-29-24(28)19-5-3-18(4-6-19)23-22-15-21(26)10-7-17(22)11-13-27-23/h1-10,15H,11-14H2. The molecular formula is C24H19Cl2NO2. The smallest absolute Gasteiger partial charge is 0.338 e. The van der Waals surface area contributed by atoms with Crippen LogP contribution in [0.15, 0.2) is 71.7 Å². The highest BCUT2D eigenvalue weighted by molar-refractivity contribution is 6.31. The van der Waals surface area contributed by atoms with Gasteiger partial charge in [-0.15, -0.1) is 0 Å². The number of hydrogen-bond donors (Lipinski definition) is 0. The molecule has 0 amide bonds. The number of benzene rings is 3. The highest BCUT2D eigenvalue weighted by Crippen LogP contribution is 2.24. The maximum Gasteiger partial charge on any atom is 0.338 e. The van der Waals surface area contributed by atoms with Gasteiger partial charge in [0.2, 0.25) is 0 Å². The third-order valence-corrected chi connectivity index (χ3v) is 5.40. The third-order valence-electron chi connectivity index (χ3n) is 4.91. The number of fused-ring (bicyclic) bond motifs is 1. The van der Waals surface area contributed by atoms with E-state index in [0.717, 1.165) is 35.4 Å². The van der Waals surface area contributed by atoms with Crippen molar-refractivity contribution >= 4 is 34.9 Å². The second kappa shape index (κ2) is 8.81. The highest BCUT2D eigenvalue weighted by Gasteiger charge is 2.17. The largest absolute Gasteiger partial charge is 0.462 e. The van der Waals surface area contributed by atoms with E-state index in [0.29, 0.717) is 28.6 Å². The van der Waals surface area contributed by atoms with Crippen LogP contribution in [0.25, 0.3) is 0 Å². The van der Waals surface area contributed by atoms with E-state index in [1.54, 1.807) is 12.1 Å². The molecule has 146 valence electrons. The Balaban J connectivity index is 1.41. The zero-order chi connectivity index (χ0) is 20.2. The number of carbonyl (C=O) groups is 1. The molecule has 1 heterocycles. The first-order chi connectivity index (χ1) is 14.1. The van der Waals surface area contributed by atoms with Crippen LogP contribution < -0.4 is 0 Å². The molecule has 0 spiro atoms. The molecule has 3 aromatic rings. The van der Waals surface area contributed by atoms with Gasteiger partial charge in [0.15, 0.2) is 0 Å². The molecule has 4 rings (SSSR count). The molecule has 1 aliphatic heterocycles. The van der Waals surface area contributed by atoms with Gasteiger partial charge in [-0.2, -0.15) is 0 Å².